The predicted octanol–water partition coefficient (Wildman–Crippen LogP) is 1.40. The maximum absolute atomic E-state index is 11.7. The van der Waals surface area contributed by atoms with E-state index in [9.17, 15) is 4.79 Å². The standard InChI is InChI=1S/C12H16N4O/c1-6-7(2)13-11(14-12(6)17)10-8(3)15-16(5)9(10)4/h1-5H3,(H,13,14,17). The van der Waals surface area contributed by atoms with Crippen LogP contribution in [0.3, 0.4) is 0 Å². The summed E-state index contributed by atoms with van der Waals surface area (Å²) < 4.78 is 1.79. The topological polar surface area (TPSA) is 63.6 Å². The van der Waals surface area contributed by atoms with E-state index in [2.05, 4.69) is 15.1 Å². The van der Waals surface area contributed by atoms with Crippen LogP contribution in [-0.4, -0.2) is 19.7 Å². The smallest absolute Gasteiger partial charge is 0.254 e. The van der Waals surface area contributed by atoms with E-state index in [1.165, 1.54) is 0 Å². The van der Waals surface area contributed by atoms with Crippen molar-refractivity contribution < 1.29 is 0 Å². The van der Waals surface area contributed by atoms with E-state index in [-0.39, 0.29) is 5.56 Å². The van der Waals surface area contributed by atoms with Gasteiger partial charge < -0.3 is 4.98 Å². The minimum atomic E-state index is -0.0878. The van der Waals surface area contributed by atoms with Crippen LogP contribution in [0.1, 0.15) is 22.6 Å². The Balaban J connectivity index is 2.73. The second-order valence-electron chi connectivity index (χ2n) is 4.29. The molecule has 0 saturated carbocycles. The maximum Gasteiger partial charge on any atom is 0.254 e. The summed E-state index contributed by atoms with van der Waals surface area (Å²) in [5.41, 5.74) is 4.10. The van der Waals surface area contributed by atoms with Gasteiger partial charge in [-0.15, -0.1) is 0 Å². The van der Waals surface area contributed by atoms with Gasteiger partial charge in [0, 0.05) is 24.0 Å². The van der Waals surface area contributed by atoms with E-state index in [0.717, 1.165) is 22.6 Å². The van der Waals surface area contributed by atoms with Crippen molar-refractivity contribution in [3.8, 4) is 11.4 Å². The zero-order valence-electron chi connectivity index (χ0n) is 10.7. The van der Waals surface area contributed by atoms with Crippen LogP contribution >= 0.6 is 0 Å². The van der Waals surface area contributed by atoms with Gasteiger partial charge in [0.2, 0.25) is 0 Å². The van der Waals surface area contributed by atoms with E-state index < -0.39 is 0 Å². The van der Waals surface area contributed by atoms with E-state index in [0.29, 0.717) is 11.4 Å². The number of aromatic nitrogens is 4. The van der Waals surface area contributed by atoms with Gasteiger partial charge in [-0.3, -0.25) is 9.48 Å². The highest BCUT2D eigenvalue weighted by atomic mass is 16.1. The number of aromatic amines is 1. The molecule has 2 aromatic heterocycles. The molecule has 2 heterocycles. The Labute approximate surface area is 99.5 Å². The van der Waals surface area contributed by atoms with Gasteiger partial charge in [-0.1, -0.05) is 0 Å². The van der Waals surface area contributed by atoms with E-state index in [1.54, 1.807) is 11.6 Å². The van der Waals surface area contributed by atoms with E-state index in [4.69, 9.17) is 0 Å². The third-order valence-corrected chi connectivity index (χ3v) is 3.14. The Morgan fingerprint density at radius 2 is 1.76 bits per heavy atom. The molecule has 2 rings (SSSR count). The van der Waals surface area contributed by atoms with Gasteiger partial charge in [-0.25, -0.2) is 4.98 Å². The summed E-state index contributed by atoms with van der Waals surface area (Å²) >= 11 is 0. The molecule has 1 N–H and O–H groups in total. The normalized spacial score (nSPS) is 10.9. The number of nitrogens with one attached hydrogen (secondary N) is 1. The largest absolute Gasteiger partial charge is 0.306 e. The van der Waals surface area contributed by atoms with Crippen molar-refractivity contribution >= 4 is 0 Å². The molecular weight excluding hydrogens is 216 g/mol. The van der Waals surface area contributed by atoms with E-state index >= 15 is 0 Å². The molecule has 0 aromatic carbocycles. The molecule has 0 atom stereocenters. The van der Waals surface area contributed by atoms with Crippen LogP contribution in [0.5, 0.6) is 0 Å². The fourth-order valence-corrected chi connectivity index (χ4v) is 1.88. The van der Waals surface area contributed by atoms with Crippen molar-refractivity contribution in [1.82, 2.24) is 19.7 Å². The Kier molecular flexibility index (Phi) is 2.61. The lowest BCUT2D eigenvalue weighted by atomic mass is 10.1. The number of hydrogen-bond acceptors (Lipinski definition) is 3. The molecular formula is C12H16N4O. The van der Waals surface area contributed by atoms with Crippen LogP contribution in [0.15, 0.2) is 4.79 Å². The van der Waals surface area contributed by atoms with Gasteiger partial charge in [-0.05, 0) is 27.7 Å². The third kappa shape index (κ3) is 1.77. The molecule has 17 heavy (non-hydrogen) atoms. The number of H-pyrrole nitrogens is 1. The average molecular weight is 232 g/mol. The quantitative estimate of drug-likeness (QED) is 0.808. The van der Waals surface area contributed by atoms with Crippen molar-refractivity contribution in [2.24, 2.45) is 7.05 Å². The Morgan fingerprint density at radius 3 is 2.24 bits per heavy atom. The van der Waals surface area contributed by atoms with Crippen LogP contribution in [0.2, 0.25) is 0 Å². The first kappa shape index (κ1) is 11.6. The highest BCUT2D eigenvalue weighted by Crippen LogP contribution is 2.22. The van der Waals surface area contributed by atoms with Crippen LogP contribution < -0.4 is 5.56 Å². The van der Waals surface area contributed by atoms with Crippen molar-refractivity contribution in [3.05, 3.63) is 33.0 Å². The number of hydrogen-bond donors (Lipinski definition) is 1. The average Bonchev–Trinajstić information content (AvgIpc) is 2.49. The summed E-state index contributed by atoms with van der Waals surface area (Å²) in [6, 6.07) is 0. The van der Waals surface area contributed by atoms with Gasteiger partial charge in [0.25, 0.3) is 5.56 Å². The van der Waals surface area contributed by atoms with Gasteiger partial charge in [0.05, 0.1) is 11.3 Å². The van der Waals surface area contributed by atoms with Crippen LogP contribution in [0, 0.1) is 27.7 Å². The van der Waals surface area contributed by atoms with Gasteiger partial charge in [0.15, 0.2) is 0 Å². The summed E-state index contributed by atoms with van der Waals surface area (Å²) in [5.74, 6) is 0.598. The monoisotopic (exact) mass is 232 g/mol. The third-order valence-electron chi connectivity index (χ3n) is 3.14. The summed E-state index contributed by atoms with van der Waals surface area (Å²) in [7, 11) is 1.88. The molecule has 0 aliphatic carbocycles. The minimum absolute atomic E-state index is 0.0878. The highest BCUT2D eigenvalue weighted by molar-refractivity contribution is 5.61. The Hall–Kier alpha value is -1.91. The summed E-state index contributed by atoms with van der Waals surface area (Å²) in [5, 5.41) is 4.32. The number of nitrogens with zero attached hydrogens (tertiary/aromatic N) is 3. The van der Waals surface area contributed by atoms with Gasteiger partial charge >= 0.3 is 0 Å². The Bertz CT molecular complexity index is 637. The zero-order valence-corrected chi connectivity index (χ0v) is 10.7. The van der Waals surface area contributed by atoms with Crippen LogP contribution in [0.25, 0.3) is 11.4 Å². The first-order valence-electron chi connectivity index (χ1n) is 5.50. The molecule has 90 valence electrons. The molecule has 5 nitrogen and oxygen atoms in total. The van der Waals surface area contributed by atoms with Crippen molar-refractivity contribution in [3.63, 3.8) is 0 Å². The van der Waals surface area contributed by atoms with Crippen molar-refractivity contribution in [1.29, 1.82) is 0 Å². The number of aryl methyl sites for hydroxylation is 3. The molecule has 0 aliphatic heterocycles. The molecule has 2 aromatic rings. The SMILES string of the molecule is Cc1nn(C)c(C)c1-c1nc(C)c(C)c(=O)[nH]1. The lowest BCUT2D eigenvalue weighted by Gasteiger charge is -2.04. The van der Waals surface area contributed by atoms with Crippen molar-refractivity contribution in [2.75, 3.05) is 0 Å². The zero-order chi connectivity index (χ0) is 12.7. The molecule has 5 heteroatoms. The van der Waals surface area contributed by atoms with Crippen molar-refractivity contribution in [2.45, 2.75) is 27.7 Å². The fourth-order valence-electron chi connectivity index (χ4n) is 1.88. The molecule has 0 unspecified atom stereocenters. The van der Waals surface area contributed by atoms with Crippen LogP contribution in [-0.2, 0) is 7.05 Å². The number of rotatable bonds is 1. The Morgan fingerprint density at radius 1 is 1.12 bits per heavy atom. The second kappa shape index (κ2) is 3.84. The molecule has 0 amide bonds. The van der Waals surface area contributed by atoms with Gasteiger partial charge in [-0.2, -0.15) is 5.10 Å². The summed E-state index contributed by atoms with van der Waals surface area (Å²) in [4.78, 5) is 19.0. The molecule has 0 bridgehead atoms. The first-order valence-corrected chi connectivity index (χ1v) is 5.50. The highest BCUT2D eigenvalue weighted by Gasteiger charge is 2.15. The predicted molar refractivity (Wildman–Crippen MR) is 66.0 cm³/mol. The minimum Gasteiger partial charge on any atom is -0.306 e. The molecule has 0 saturated heterocycles. The summed E-state index contributed by atoms with van der Waals surface area (Å²) in [6.07, 6.45) is 0. The molecule has 0 aliphatic rings. The first-order chi connectivity index (χ1) is 7.91. The fraction of sp³-hybridized carbons (Fsp3) is 0.417. The lowest BCUT2D eigenvalue weighted by Crippen LogP contribution is -2.14. The van der Waals surface area contributed by atoms with Gasteiger partial charge in [0.1, 0.15) is 5.82 Å². The maximum atomic E-state index is 11.7. The molecule has 0 fully saturated rings. The van der Waals surface area contributed by atoms with Crippen LogP contribution in [0.4, 0.5) is 0 Å². The second-order valence-corrected chi connectivity index (χ2v) is 4.29. The molecule has 0 spiro atoms. The lowest BCUT2D eigenvalue weighted by molar-refractivity contribution is 0.731. The summed E-state index contributed by atoms with van der Waals surface area (Å²) in [6.45, 7) is 7.49. The van der Waals surface area contributed by atoms with E-state index in [1.807, 2.05) is 27.8 Å². The molecule has 0 radical (unpaired) electrons.